The van der Waals surface area contributed by atoms with Crippen LogP contribution in [0.25, 0.3) is 0 Å². The van der Waals surface area contributed by atoms with Crippen LogP contribution < -0.4 is 10.6 Å². The molecule has 0 bridgehead atoms. The Morgan fingerprint density at radius 1 is 1.25 bits per heavy atom. The molecule has 1 aromatic rings. The maximum Gasteiger partial charge on any atom is 0.228 e. The first-order valence-electron chi connectivity index (χ1n) is 7.11. The zero-order chi connectivity index (χ0) is 13.9. The molecule has 0 unspecified atom stereocenters. The van der Waals surface area contributed by atoms with E-state index in [2.05, 4.69) is 15.5 Å². The lowest BCUT2D eigenvalue weighted by Crippen LogP contribution is -2.44. The Morgan fingerprint density at radius 2 is 2.05 bits per heavy atom. The third-order valence-corrected chi connectivity index (χ3v) is 3.92. The van der Waals surface area contributed by atoms with Crippen LogP contribution in [0.15, 0.2) is 18.2 Å². The van der Waals surface area contributed by atoms with E-state index >= 15 is 0 Å². The number of nitrogens with zero attached hydrogens (tertiary/aromatic N) is 1. The summed E-state index contributed by atoms with van der Waals surface area (Å²) >= 11 is 0. The molecule has 1 amide bonds. The highest BCUT2D eigenvalue weighted by Gasteiger charge is 2.19. The topological polar surface area (TPSA) is 61.4 Å². The van der Waals surface area contributed by atoms with Crippen molar-refractivity contribution in [3.63, 3.8) is 0 Å². The molecule has 1 saturated heterocycles. The monoisotopic (exact) mass is 273 g/mol. The van der Waals surface area contributed by atoms with Crippen molar-refractivity contribution in [3.05, 3.63) is 29.3 Å². The van der Waals surface area contributed by atoms with Crippen LogP contribution >= 0.6 is 0 Å². The molecule has 0 atom stereocenters. The van der Waals surface area contributed by atoms with E-state index in [0.717, 1.165) is 49.5 Å². The minimum atomic E-state index is 0.00501. The number of ketones is 1. The van der Waals surface area contributed by atoms with E-state index in [1.807, 2.05) is 18.2 Å². The number of benzene rings is 1. The van der Waals surface area contributed by atoms with Crippen molar-refractivity contribution in [3.8, 4) is 0 Å². The molecule has 3 rings (SSSR count). The van der Waals surface area contributed by atoms with E-state index in [0.29, 0.717) is 12.8 Å². The van der Waals surface area contributed by atoms with E-state index in [9.17, 15) is 9.59 Å². The first-order chi connectivity index (χ1) is 9.72. The van der Waals surface area contributed by atoms with Gasteiger partial charge in [-0.25, -0.2) is 0 Å². The van der Waals surface area contributed by atoms with E-state index in [4.69, 9.17) is 0 Å². The maximum absolute atomic E-state index is 12.2. The van der Waals surface area contributed by atoms with Crippen LogP contribution in [0.1, 0.15) is 22.3 Å². The summed E-state index contributed by atoms with van der Waals surface area (Å²) in [6.07, 6.45) is 0.925. The molecular weight excluding hydrogens is 254 g/mol. The quantitative estimate of drug-likeness (QED) is 0.791. The van der Waals surface area contributed by atoms with Crippen molar-refractivity contribution in [2.75, 3.05) is 38.0 Å². The lowest BCUT2D eigenvalue weighted by Gasteiger charge is -2.26. The predicted molar refractivity (Wildman–Crippen MR) is 77.0 cm³/mol. The summed E-state index contributed by atoms with van der Waals surface area (Å²) in [6, 6.07) is 5.50. The Labute approximate surface area is 118 Å². The first kappa shape index (κ1) is 13.3. The van der Waals surface area contributed by atoms with E-state index in [1.54, 1.807) is 0 Å². The smallest absolute Gasteiger partial charge is 0.228 e. The molecule has 1 aromatic carbocycles. The average Bonchev–Trinajstić information content (AvgIpc) is 2.85. The minimum Gasteiger partial charge on any atom is -0.326 e. The van der Waals surface area contributed by atoms with E-state index < -0.39 is 0 Å². The number of amides is 1. The van der Waals surface area contributed by atoms with Gasteiger partial charge in [-0.15, -0.1) is 0 Å². The summed E-state index contributed by atoms with van der Waals surface area (Å²) in [4.78, 5) is 25.8. The zero-order valence-electron chi connectivity index (χ0n) is 11.4. The number of carbonyl (C=O) groups is 2. The summed E-state index contributed by atoms with van der Waals surface area (Å²) in [5.74, 6) is 0.163. The van der Waals surface area contributed by atoms with Crippen molar-refractivity contribution in [2.24, 2.45) is 0 Å². The third kappa shape index (κ3) is 2.89. The van der Waals surface area contributed by atoms with Gasteiger partial charge in [0.2, 0.25) is 5.91 Å². The molecule has 5 nitrogen and oxygen atoms in total. The molecule has 5 heteroatoms. The molecule has 1 fully saturated rings. The molecule has 0 spiro atoms. The van der Waals surface area contributed by atoms with Gasteiger partial charge in [-0.3, -0.25) is 9.59 Å². The summed E-state index contributed by atoms with van der Waals surface area (Å²) in [5, 5.41) is 6.08. The first-order valence-corrected chi connectivity index (χ1v) is 7.11. The number of rotatable bonds is 4. The Morgan fingerprint density at radius 3 is 2.85 bits per heavy atom. The second-order valence-electron chi connectivity index (χ2n) is 5.36. The SMILES string of the molecule is O=C1Cc2cc(C(=O)CCN3CCNCC3)ccc2N1. The number of hydrogen-bond acceptors (Lipinski definition) is 4. The van der Waals surface area contributed by atoms with Crippen molar-refractivity contribution >= 4 is 17.4 Å². The molecule has 0 radical (unpaired) electrons. The number of anilines is 1. The second-order valence-corrected chi connectivity index (χ2v) is 5.36. The van der Waals surface area contributed by atoms with Crippen LogP contribution in [-0.4, -0.2) is 49.3 Å². The second kappa shape index (κ2) is 5.73. The van der Waals surface area contributed by atoms with Gasteiger partial charge < -0.3 is 15.5 Å². The number of Topliss-reactive ketones (excluding diaryl/α,β-unsaturated/α-hetero) is 1. The minimum absolute atomic E-state index is 0.00501. The zero-order valence-corrected chi connectivity index (χ0v) is 11.4. The fraction of sp³-hybridized carbons (Fsp3) is 0.467. The fourth-order valence-corrected chi connectivity index (χ4v) is 2.74. The van der Waals surface area contributed by atoms with Crippen LogP contribution in [0.2, 0.25) is 0 Å². The van der Waals surface area contributed by atoms with Crippen molar-refractivity contribution in [2.45, 2.75) is 12.8 Å². The molecule has 20 heavy (non-hydrogen) atoms. The third-order valence-electron chi connectivity index (χ3n) is 3.92. The van der Waals surface area contributed by atoms with Gasteiger partial charge in [0.1, 0.15) is 0 Å². The van der Waals surface area contributed by atoms with Crippen LogP contribution in [0, 0.1) is 0 Å². The highest BCUT2D eigenvalue weighted by atomic mass is 16.1. The lowest BCUT2D eigenvalue weighted by atomic mass is 10.0. The molecule has 2 N–H and O–H groups in total. The van der Waals surface area contributed by atoms with Crippen LogP contribution in [-0.2, 0) is 11.2 Å². The van der Waals surface area contributed by atoms with Gasteiger partial charge in [0.15, 0.2) is 5.78 Å². The molecule has 2 aliphatic rings. The Hall–Kier alpha value is -1.72. The maximum atomic E-state index is 12.2. The number of hydrogen-bond donors (Lipinski definition) is 2. The number of piperazine rings is 1. The summed E-state index contributed by atoms with van der Waals surface area (Å²) in [7, 11) is 0. The van der Waals surface area contributed by atoms with Gasteiger partial charge in [0, 0.05) is 50.4 Å². The van der Waals surface area contributed by atoms with Crippen LogP contribution in [0.4, 0.5) is 5.69 Å². The standard InChI is InChI=1S/C15H19N3O2/c19-14(3-6-18-7-4-16-5-8-18)11-1-2-13-12(9-11)10-15(20)17-13/h1-2,9,16H,3-8,10H2,(H,17,20). The fourth-order valence-electron chi connectivity index (χ4n) is 2.74. The van der Waals surface area contributed by atoms with Gasteiger partial charge in [0.25, 0.3) is 0 Å². The van der Waals surface area contributed by atoms with E-state index in [-0.39, 0.29) is 11.7 Å². The van der Waals surface area contributed by atoms with Crippen molar-refractivity contribution < 1.29 is 9.59 Å². The normalized spacial score (nSPS) is 18.7. The highest BCUT2D eigenvalue weighted by molar-refractivity contribution is 6.02. The molecule has 2 heterocycles. The van der Waals surface area contributed by atoms with Crippen LogP contribution in [0.5, 0.6) is 0 Å². The van der Waals surface area contributed by atoms with Gasteiger partial charge >= 0.3 is 0 Å². The molecule has 0 saturated carbocycles. The number of carbonyl (C=O) groups excluding carboxylic acids is 2. The number of nitrogens with one attached hydrogen (secondary N) is 2. The van der Waals surface area contributed by atoms with Crippen LogP contribution in [0.3, 0.4) is 0 Å². The molecular formula is C15H19N3O2. The Bertz CT molecular complexity index is 536. The molecule has 0 aliphatic carbocycles. The van der Waals surface area contributed by atoms with Gasteiger partial charge in [-0.2, -0.15) is 0 Å². The molecule has 0 aromatic heterocycles. The van der Waals surface area contributed by atoms with Crippen molar-refractivity contribution in [1.29, 1.82) is 0 Å². The average molecular weight is 273 g/mol. The molecule has 106 valence electrons. The molecule has 2 aliphatic heterocycles. The highest BCUT2D eigenvalue weighted by Crippen LogP contribution is 2.24. The van der Waals surface area contributed by atoms with Gasteiger partial charge in [0.05, 0.1) is 6.42 Å². The lowest BCUT2D eigenvalue weighted by molar-refractivity contribution is -0.115. The Kier molecular flexibility index (Phi) is 3.80. The van der Waals surface area contributed by atoms with Gasteiger partial charge in [-0.05, 0) is 23.8 Å². The summed E-state index contributed by atoms with van der Waals surface area (Å²) in [5.41, 5.74) is 2.49. The van der Waals surface area contributed by atoms with Crippen molar-refractivity contribution in [1.82, 2.24) is 10.2 Å². The summed E-state index contributed by atoms with van der Waals surface area (Å²) in [6.45, 7) is 4.84. The van der Waals surface area contributed by atoms with E-state index in [1.165, 1.54) is 0 Å². The van der Waals surface area contributed by atoms with Gasteiger partial charge in [-0.1, -0.05) is 0 Å². The largest absolute Gasteiger partial charge is 0.326 e. The number of fused-ring (bicyclic) bond motifs is 1. The Balaban J connectivity index is 1.60. The predicted octanol–water partition coefficient (Wildman–Crippen LogP) is 0.659. The summed E-state index contributed by atoms with van der Waals surface area (Å²) < 4.78 is 0.